The molecular formula is C8H20O2Si2. The Kier molecular flexibility index (Phi) is 3.59. The molecule has 0 aromatic rings. The molecule has 12 heavy (non-hydrogen) atoms. The van der Waals surface area contributed by atoms with Crippen molar-refractivity contribution >= 4 is 16.6 Å². The Bertz CT molecular complexity index is 147. The lowest BCUT2D eigenvalue weighted by Crippen LogP contribution is -2.31. The number of rotatable bonds is 4. The molecule has 0 unspecified atom stereocenters. The lowest BCUT2D eigenvalue weighted by Gasteiger charge is -2.26. The van der Waals surface area contributed by atoms with Crippen LogP contribution in [0.1, 0.15) is 0 Å². The van der Waals surface area contributed by atoms with E-state index in [9.17, 15) is 0 Å². The van der Waals surface area contributed by atoms with Gasteiger partial charge in [-0.25, -0.2) is 0 Å². The molecule has 0 aliphatic carbocycles. The minimum atomic E-state index is -1.52. The molecule has 2 nitrogen and oxygen atoms in total. The molecule has 0 saturated heterocycles. The Balaban J connectivity index is 3.92. The molecular weight excluding hydrogens is 184 g/mol. The van der Waals surface area contributed by atoms with Crippen LogP contribution in [-0.2, 0) is 8.85 Å². The monoisotopic (exact) mass is 204 g/mol. The summed E-state index contributed by atoms with van der Waals surface area (Å²) in [6, 6.07) is 0. The molecule has 0 spiro atoms. The Morgan fingerprint density at radius 3 is 1.25 bits per heavy atom. The minimum Gasteiger partial charge on any atom is -0.521 e. The largest absolute Gasteiger partial charge is 0.521 e. The normalized spacial score (nSPS) is 12.5. The highest BCUT2D eigenvalue weighted by Crippen LogP contribution is 2.14. The second kappa shape index (κ2) is 3.66. The first-order chi connectivity index (χ1) is 5.10. The van der Waals surface area contributed by atoms with Crippen LogP contribution >= 0.6 is 0 Å². The molecule has 0 rings (SSSR count). The number of hydrogen-bond acceptors (Lipinski definition) is 2. The summed E-state index contributed by atoms with van der Waals surface area (Å²) in [5, 5.41) is 0. The van der Waals surface area contributed by atoms with Gasteiger partial charge in [-0.3, -0.25) is 0 Å². The fourth-order valence-electron chi connectivity index (χ4n) is 0.704. The summed E-state index contributed by atoms with van der Waals surface area (Å²) < 4.78 is 11.1. The van der Waals surface area contributed by atoms with E-state index in [1.165, 1.54) is 0 Å². The maximum Gasteiger partial charge on any atom is 0.246 e. The Hall–Kier alpha value is -0.226. The highest BCUT2D eigenvalue weighted by atomic mass is 28.4. The van der Waals surface area contributed by atoms with Crippen LogP contribution < -0.4 is 0 Å². The zero-order valence-electron chi connectivity index (χ0n) is 9.02. The molecule has 0 aromatic heterocycles. The van der Waals surface area contributed by atoms with Gasteiger partial charge in [-0.1, -0.05) is 0 Å². The van der Waals surface area contributed by atoms with E-state index < -0.39 is 16.6 Å². The Morgan fingerprint density at radius 2 is 1.08 bits per heavy atom. The maximum atomic E-state index is 5.57. The lowest BCUT2D eigenvalue weighted by molar-refractivity contribution is 0.219. The third-order valence-electron chi connectivity index (χ3n) is 0.840. The first kappa shape index (κ1) is 11.8. The average Bonchev–Trinajstić information content (AvgIpc) is 1.49. The summed E-state index contributed by atoms with van der Waals surface area (Å²) >= 11 is 0. The van der Waals surface area contributed by atoms with Crippen molar-refractivity contribution < 1.29 is 8.85 Å². The third kappa shape index (κ3) is 7.88. The van der Waals surface area contributed by atoms with Crippen LogP contribution in [-0.4, -0.2) is 16.6 Å². The predicted molar refractivity (Wildman–Crippen MR) is 58.0 cm³/mol. The van der Waals surface area contributed by atoms with E-state index in [1.54, 1.807) is 0 Å². The van der Waals surface area contributed by atoms with E-state index in [0.29, 0.717) is 5.95 Å². The van der Waals surface area contributed by atoms with Gasteiger partial charge in [0.05, 0.1) is 0 Å². The summed E-state index contributed by atoms with van der Waals surface area (Å²) in [6.07, 6.45) is 0. The van der Waals surface area contributed by atoms with Crippen LogP contribution in [0.15, 0.2) is 12.5 Å². The zero-order chi connectivity index (χ0) is 9.99. The van der Waals surface area contributed by atoms with Gasteiger partial charge in [0, 0.05) is 0 Å². The van der Waals surface area contributed by atoms with Crippen molar-refractivity contribution in [1.82, 2.24) is 0 Å². The number of hydrogen-bond donors (Lipinski definition) is 0. The van der Waals surface area contributed by atoms with Crippen LogP contribution in [0.5, 0.6) is 0 Å². The standard InChI is InChI=1S/C8H20O2Si2/c1-8(9-11(2,3)4)10-12(5,6)7/h1H2,2-7H3. The molecule has 0 saturated carbocycles. The van der Waals surface area contributed by atoms with Crippen LogP contribution in [0.3, 0.4) is 0 Å². The molecule has 0 N–H and O–H groups in total. The summed E-state index contributed by atoms with van der Waals surface area (Å²) in [5.74, 6) is 0.508. The van der Waals surface area contributed by atoms with Gasteiger partial charge in [-0.2, -0.15) is 0 Å². The molecule has 0 aliphatic heterocycles. The van der Waals surface area contributed by atoms with Gasteiger partial charge in [0.1, 0.15) is 0 Å². The highest BCUT2D eigenvalue weighted by molar-refractivity contribution is 6.71. The van der Waals surface area contributed by atoms with E-state index in [0.717, 1.165) is 0 Å². The fraction of sp³-hybridized carbons (Fsp3) is 0.750. The molecule has 0 atom stereocenters. The second-order valence-electron chi connectivity index (χ2n) is 4.80. The summed E-state index contributed by atoms with van der Waals surface area (Å²) in [6.45, 7) is 16.5. The van der Waals surface area contributed by atoms with Crippen LogP contribution in [0, 0.1) is 0 Å². The van der Waals surface area contributed by atoms with E-state index in [2.05, 4.69) is 45.9 Å². The van der Waals surface area contributed by atoms with Gasteiger partial charge in [0.25, 0.3) is 0 Å². The van der Waals surface area contributed by atoms with Crippen molar-refractivity contribution in [3.63, 3.8) is 0 Å². The quantitative estimate of drug-likeness (QED) is 0.517. The van der Waals surface area contributed by atoms with Crippen molar-refractivity contribution in [2.24, 2.45) is 0 Å². The highest BCUT2D eigenvalue weighted by Gasteiger charge is 2.22. The first-order valence-corrected chi connectivity index (χ1v) is 11.0. The van der Waals surface area contributed by atoms with Crippen LogP contribution in [0.25, 0.3) is 0 Å². The van der Waals surface area contributed by atoms with Gasteiger partial charge in [-0.05, 0) is 45.9 Å². The zero-order valence-corrected chi connectivity index (χ0v) is 11.0. The van der Waals surface area contributed by atoms with Gasteiger partial charge >= 0.3 is 0 Å². The van der Waals surface area contributed by atoms with E-state index in [-0.39, 0.29) is 0 Å². The van der Waals surface area contributed by atoms with Crippen molar-refractivity contribution in [2.75, 3.05) is 0 Å². The van der Waals surface area contributed by atoms with Gasteiger partial charge in [0.15, 0.2) is 0 Å². The SMILES string of the molecule is C=C(O[Si](C)(C)C)O[Si](C)(C)C. The van der Waals surface area contributed by atoms with Crippen LogP contribution in [0.2, 0.25) is 39.3 Å². The maximum absolute atomic E-state index is 5.57. The minimum absolute atomic E-state index is 0.508. The third-order valence-corrected chi connectivity index (χ3v) is 2.52. The van der Waals surface area contributed by atoms with Gasteiger partial charge < -0.3 is 8.85 Å². The Labute approximate surface area is 77.8 Å². The van der Waals surface area contributed by atoms with Crippen molar-refractivity contribution in [1.29, 1.82) is 0 Å². The van der Waals surface area contributed by atoms with E-state index in [1.807, 2.05) is 0 Å². The van der Waals surface area contributed by atoms with Gasteiger partial charge in [-0.15, -0.1) is 0 Å². The van der Waals surface area contributed by atoms with Crippen molar-refractivity contribution in [2.45, 2.75) is 39.3 Å². The van der Waals surface area contributed by atoms with Gasteiger partial charge in [0.2, 0.25) is 22.6 Å². The van der Waals surface area contributed by atoms with Crippen molar-refractivity contribution in [3.05, 3.63) is 12.5 Å². The molecule has 0 heterocycles. The molecule has 0 amide bonds. The van der Waals surface area contributed by atoms with Crippen LogP contribution in [0.4, 0.5) is 0 Å². The predicted octanol–water partition coefficient (Wildman–Crippen LogP) is 3.16. The molecule has 4 heteroatoms. The van der Waals surface area contributed by atoms with E-state index in [4.69, 9.17) is 8.85 Å². The molecule has 0 bridgehead atoms. The summed E-state index contributed by atoms with van der Waals surface area (Å²) in [5.41, 5.74) is 0. The van der Waals surface area contributed by atoms with Crippen molar-refractivity contribution in [3.8, 4) is 0 Å². The van der Waals surface area contributed by atoms with E-state index >= 15 is 0 Å². The molecule has 72 valence electrons. The molecule has 0 aliphatic rings. The summed E-state index contributed by atoms with van der Waals surface area (Å²) in [4.78, 5) is 0. The summed E-state index contributed by atoms with van der Waals surface area (Å²) in [7, 11) is -3.04. The molecule has 0 radical (unpaired) electrons. The lowest BCUT2D eigenvalue weighted by atomic mass is 11.1. The molecule has 0 aromatic carbocycles. The fourth-order valence-corrected chi connectivity index (χ4v) is 2.24. The average molecular weight is 204 g/mol. The Morgan fingerprint density at radius 1 is 0.833 bits per heavy atom. The second-order valence-corrected chi connectivity index (χ2v) is 13.7. The smallest absolute Gasteiger partial charge is 0.246 e. The molecule has 0 fully saturated rings. The first-order valence-electron chi connectivity index (χ1n) is 4.17. The topological polar surface area (TPSA) is 18.5 Å².